The maximum Gasteiger partial charge on any atom is 0.120 e. The van der Waals surface area contributed by atoms with Crippen molar-refractivity contribution in [3.8, 4) is 5.75 Å². The molecule has 0 aromatic heterocycles. The van der Waals surface area contributed by atoms with Crippen molar-refractivity contribution in [2.24, 2.45) is 5.73 Å². The first kappa shape index (κ1) is 13.9. The maximum absolute atomic E-state index is 6.46. The molecule has 0 spiro atoms. The molecule has 1 aromatic rings. The second-order valence-electron chi connectivity index (χ2n) is 5.33. The van der Waals surface area contributed by atoms with Gasteiger partial charge in [-0.15, -0.1) is 0 Å². The average molecular weight is 312 g/mol. The fourth-order valence-electron chi connectivity index (χ4n) is 2.61. The largest absolute Gasteiger partial charge is 0.493 e. The standard InChI is InChI=1S/C15H22BrNO/c16-13-6-5-7-14(12-13)18-11-10-15(17)8-3-1-2-4-9-15/h5-7,12H,1-4,8-11,17H2. The molecule has 1 aliphatic carbocycles. The van der Waals surface area contributed by atoms with E-state index in [0.717, 1.165) is 29.5 Å². The Hall–Kier alpha value is -0.540. The molecule has 0 atom stereocenters. The van der Waals surface area contributed by atoms with Crippen molar-refractivity contribution >= 4 is 15.9 Å². The third kappa shape index (κ3) is 4.29. The zero-order chi connectivity index (χ0) is 12.8. The van der Waals surface area contributed by atoms with Crippen LogP contribution in [0.3, 0.4) is 0 Å². The van der Waals surface area contributed by atoms with Gasteiger partial charge in [0.2, 0.25) is 0 Å². The molecule has 1 aromatic carbocycles. The Morgan fingerprint density at radius 2 is 1.89 bits per heavy atom. The van der Waals surface area contributed by atoms with E-state index in [2.05, 4.69) is 15.9 Å². The van der Waals surface area contributed by atoms with Crippen LogP contribution in [0.5, 0.6) is 5.75 Å². The minimum absolute atomic E-state index is 0.00249. The van der Waals surface area contributed by atoms with Crippen molar-refractivity contribution in [3.05, 3.63) is 28.7 Å². The van der Waals surface area contributed by atoms with Crippen LogP contribution in [0.25, 0.3) is 0 Å². The van der Waals surface area contributed by atoms with Gasteiger partial charge in [0, 0.05) is 10.0 Å². The summed E-state index contributed by atoms with van der Waals surface area (Å²) in [5.41, 5.74) is 6.47. The zero-order valence-electron chi connectivity index (χ0n) is 10.8. The van der Waals surface area contributed by atoms with Crippen molar-refractivity contribution in [1.82, 2.24) is 0 Å². The van der Waals surface area contributed by atoms with Gasteiger partial charge in [-0.05, 0) is 37.5 Å². The first-order valence-electron chi connectivity index (χ1n) is 6.85. The summed E-state index contributed by atoms with van der Waals surface area (Å²) in [6.07, 6.45) is 8.47. The molecule has 1 aliphatic rings. The second kappa shape index (κ2) is 6.58. The lowest BCUT2D eigenvalue weighted by molar-refractivity contribution is 0.241. The van der Waals surface area contributed by atoms with E-state index in [1.807, 2.05) is 24.3 Å². The Morgan fingerprint density at radius 1 is 1.17 bits per heavy atom. The molecule has 2 nitrogen and oxygen atoms in total. The average Bonchev–Trinajstić information content (AvgIpc) is 2.55. The van der Waals surface area contributed by atoms with E-state index >= 15 is 0 Å². The number of ether oxygens (including phenoxy) is 1. The summed E-state index contributed by atoms with van der Waals surface area (Å²) in [6, 6.07) is 7.98. The predicted octanol–water partition coefficient (Wildman–Crippen LogP) is 4.27. The van der Waals surface area contributed by atoms with Gasteiger partial charge in [-0.3, -0.25) is 0 Å². The number of benzene rings is 1. The number of nitrogens with two attached hydrogens (primary N) is 1. The molecular weight excluding hydrogens is 290 g/mol. The number of hydrogen-bond donors (Lipinski definition) is 1. The minimum Gasteiger partial charge on any atom is -0.493 e. The molecule has 1 saturated carbocycles. The fraction of sp³-hybridized carbons (Fsp3) is 0.600. The van der Waals surface area contributed by atoms with Crippen molar-refractivity contribution in [2.75, 3.05) is 6.61 Å². The molecule has 0 bridgehead atoms. The number of hydrogen-bond acceptors (Lipinski definition) is 2. The molecule has 0 saturated heterocycles. The lowest BCUT2D eigenvalue weighted by atomic mass is 9.88. The van der Waals surface area contributed by atoms with E-state index < -0.39 is 0 Å². The van der Waals surface area contributed by atoms with Crippen LogP contribution in [-0.4, -0.2) is 12.1 Å². The van der Waals surface area contributed by atoms with Gasteiger partial charge in [0.15, 0.2) is 0 Å². The summed E-state index contributed by atoms with van der Waals surface area (Å²) in [4.78, 5) is 0. The van der Waals surface area contributed by atoms with Crippen molar-refractivity contribution in [3.63, 3.8) is 0 Å². The monoisotopic (exact) mass is 311 g/mol. The molecule has 18 heavy (non-hydrogen) atoms. The second-order valence-corrected chi connectivity index (χ2v) is 6.25. The lowest BCUT2D eigenvalue weighted by Gasteiger charge is -2.27. The molecule has 0 unspecified atom stereocenters. The van der Waals surface area contributed by atoms with Gasteiger partial charge in [-0.2, -0.15) is 0 Å². The fourth-order valence-corrected chi connectivity index (χ4v) is 2.99. The van der Waals surface area contributed by atoms with E-state index in [1.165, 1.54) is 25.7 Å². The van der Waals surface area contributed by atoms with Crippen LogP contribution in [0.2, 0.25) is 0 Å². The lowest BCUT2D eigenvalue weighted by Crippen LogP contribution is -2.40. The Kier molecular flexibility index (Phi) is 5.07. The van der Waals surface area contributed by atoms with Gasteiger partial charge < -0.3 is 10.5 Å². The number of halogens is 1. The minimum atomic E-state index is 0.00249. The molecule has 1 fully saturated rings. The first-order chi connectivity index (χ1) is 8.68. The highest BCUT2D eigenvalue weighted by Gasteiger charge is 2.25. The summed E-state index contributed by atoms with van der Waals surface area (Å²) in [5, 5.41) is 0. The van der Waals surface area contributed by atoms with Crippen LogP contribution in [0, 0.1) is 0 Å². The Bertz CT molecular complexity index is 373. The molecular formula is C15H22BrNO. The quantitative estimate of drug-likeness (QED) is 0.843. The predicted molar refractivity (Wildman–Crippen MR) is 78.9 cm³/mol. The van der Waals surface area contributed by atoms with Crippen LogP contribution in [0.15, 0.2) is 28.7 Å². The third-order valence-corrected chi connectivity index (χ3v) is 4.26. The molecule has 0 radical (unpaired) electrons. The van der Waals surface area contributed by atoms with Crippen molar-refractivity contribution < 1.29 is 4.74 Å². The summed E-state index contributed by atoms with van der Waals surface area (Å²) < 4.78 is 6.84. The summed E-state index contributed by atoms with van der Waals surface area (Å²) in [7, 11) is 0. The molecule has 0 aliphatic heterocycles. The molecule has 2 rings (SSSR count). The van der Waals surface area contributed by atoms with Crippen LogP contribution in [-0.2, 0) is 0 Å². The van der Waals surface area contributed by atoms with E-state index in [-0.39, 0.29) is 5.54 Å². The smallest absolute Gasteiger partial charge is 0.120 e. The molecule has 0 amide bonds. The van der Waals surface area contributed by atoms with Crippen LogP contribution in [0.4, 0.5) is 0 Å². The van der Waals surface area contributed by atoms with E-state index in [1.54, 1.807) is 0 Å². The molecule has 100 valence electrons. The summed E-state index contributed by atoms with van der Waals surface area (Å²) in [5.74, 6) is 0.918. The van der Waals surface area contributed by atoms with Gasteiger partial charge in [0.25, 0.3) is 0 Å². The molecule has 2 N–H and O–H groups in total. The van der Waals surface area contributed by atoms with Gasteiger partial charge in [0.1, 0.15) is 5.75 Å². The van der Waals surface area contributed by atoms with E-state index in [9.17, 15) is 0 Å². The Morgan fingerprint density at radius 3 is 2.56 bits per heavy atom. The maximum atomic E-state index is 6.46. The van der Waals surface area contributed by atoms with Crippen molar-refractivity contribution in [1.29, 1.82) is 0 Å². The van der Waals surface area contributed by atoms with Gasteiger partial charge in [0.05, 0.1) is 6.61 Å². The van der Waals surface area contributed by atoms with E-state index in [4.69, 9.17) is 10.5 Å². The highest BCUT2D eigenvalue weighted by atomic mass is 79.9. The first-order valence-corrected chi connectivity index (χ1v) is 7.65. The number of rotatable bonds is 4. The normalized spacial score (nSPS) is 19.2. The molecule has 0 heterocycles. The highest BCUT2D eigenvalue weighted by molar-refractivity contribution is 9.10. The van der Waals surface area contributed by atoms with Gasteiger partial charge in [-0.1, -0.05) is 47.7 Å². The van der Waals surface area contributed by atoms with Gasteiger partial charge >= 0.3 is 0 Å². The third-order valence-electron chi connectivity index (χ3n) is 3.76. The zero-order valence-corrected chi connectivity index (χ0v) is 12.4. The Balaban J connectivity index is 1.80. The summed E-state index contributed by atoms with van der Waals surface area (Å²) in [6.45, 7) is 0.715. The van der Waals surface area contributed by atoms with Crippen LogP contribution in [0.1, 0.15) is 44.9 Å². The Labute approximate surface area is 118 Å². The SMILES string of the molecule is NC1(CCOc2cccc(Br)c2)CCCCCC1. The topological polar surface area (TPSA) is 35.2 Å². The van der Waals surface area contributed by atoms with Crippen molar-refractivity contribution in [2.45, 2.75) is 50.5 Å². The highest BCUT2D eigenvalue weighted by Crippen LogP contribution is 2.28. The van der Waals surface area contributed by atoms with Gasteiger partial charge in [-0.25, -0.2) is 0 Å². The summed E-state index contributed by atoms with van der Waals surface area (Å²) >= 11 is 3.45. The van der Waals surface area contributed by atoms with Crippen LogP contribution >= 0.6 is 15.9 Å². The molecule has 3 heteroatoms. The van der Waals surface area contributed by atoms with E-state index in [0.29, 0.717) is 6.61 Å². The van der Waals surface area contributed by atoms with Crippen LogP contribution < -0.4 is 10.5 Å².